The van der Waals surface area contributed by atoms with E-state index >= 15 is 0 Å². The van der Waals surface area contributed by atoms with E-state index in [0.29, 0.717) is 19.0 Å². The first kappa shape index (κ1) is 20.9. The molecule has 0 aliphatic carbocycles. The van der Waals surface area contributed by atoms with Crippen molar-refractivity contribution in [2.75, 3.05) is 31.1 Å². The molecule has 8 nitrogen and oxygen atoms in total. The molecule has 0 radical (unpaired) electrons. The van der Waals surface area contributed by atoms with Crippen LogP contribution < -0.4 is 15.5 Å². The molecule has 5 rings (SSSR count). The first-order chi connectivity index (χ1) is 16.3. The van der Waals surface area contributed by atoms with Crippen LogP contribution in [0.15, 0.2) is 48.5 Å². The molecule has 2 N–H and O–H groups in total. The number of carbonyl (C=O) groups excluding carboxylic acids is 1. The maximum Gasteiger partial charge on any atom is 0.289 e. The fraction of sp³-hybridized carbons (Fsp3) is 0.280. The summed E-state index contributed by atoms with van der Waals surface area (Å²) in [5.41, 5.74) is 1.72. The second-order valence-corrected chi connectivity index (χ2v) is 7.88. The average Bonchev–Trinajstić information content (AvgIpc) is 3.30. The van der Waals surface area contributed by atoms with Gasteiger partial charge in [-0.2, -0.15) is 0 Å². The Bertz CT molecular complexity index is 1380. The van der Waals surface area contributed by atoms with Gasteiger partial charge in [-0.25, -0.2) is 0 Å². The zero-order valence-electron chi connectivity index (χ0n) is 18.5. The van der Waals surface area contributed by atoms with Crippen molar-refractivity contribution in [2.24, 2.45) is 0 Å². The Labute approximate surface area is 192 Å². The number of para-hydroxylation sites is 1. The van der Waals surface area contributed by atoms with Crippen molar-refractivity contribution >= 4 is 33.5 Å². The van der Waals surface area contributed by atoms with Crippen molar-refractivity contribution in [1.82, 2.24) is 30.4 Å². The van der Waals surface area contributed by atoms with Crippen molar-refractivity contribution in [3.8, 4) is 11.8 Å². The molecule has 0 spiro atoms. The summed E-state index contributed by atoms with van der Waals surface area (Å²) in [6, 6.07) is 16.2. The first-order valence-corrected chi connectivity index (χ1v) is 11.1. The average molecular weight is 440 g/mol. The number of pyridine rings is 1. The van der Waals surface area contributed by atoms with E-state index < -0.39 is 0 Å². The van der Waals surface area contributed by atoms with Crippen LogP contribution in [-0.2, 0) is 13.1 Å². The maximum absolute atomic E-state index is 13.2. The van der Waals surface area contributed by atoms with Crippen molar-refractivity contribution in [3.63, 3.8) is 0 Å². The Hall–Kier alpha value is -3.96. The lowest BCUT2D eigenvalue weighted by atomic mass is 10.0. The number of aromatic nitrogens is 4. The molecule has 8 heteroatoms. The maximum atomic E-state index is 13.2. The van der Waals surface area contributed by atoms with Gasteiger partial charge in [-0.1, -0.05) is 48.4 Å². The van der Waals surface area contributed by atoms with Crippen LogP contribution in [0, 0.1) is 11.8 Å². The predicted octanol–water partition coefficient (Wildman–Crippen LogP) is 2.34. The van der Waals surface area contributed by atoms with Gasteiger partial charge in [-0.3, -0.25) is 14.3 Å². The molecule has 2 aromatic carbocycles. The summed E-state index contributed by atoms with van der Waals surface area (Å²) in [5, 5.41) is 18.1. The molecule has 3 heterocycles. The van der Waals surface area contributed by atoms with Gasteiger partial charge < -0.3 is 15.5 Å². The van der Waals surface area contributed by atoms with Crippen LogP contribution in [0.1, 0.15) is 23.2 Å². The first-order valence-electron chi connectivity index (χ1n) is 11.1. The highest BCUT2D eigenvalue weighted by Gasteiger charge is 2.23. The second-order valence-electron chi connectivity index (χ2n) is 7.88. The monoisotopic (exact) mass is 439 g/mol. The minimum atomic E-state index is -0.291. The third-order valence-electron chi connectivity index (χ3n) is 5.85. The lowest BCUT2D eigenvalue weighted by Gasteiger charge is -2.28. The predicted molar refractivity (Wildman–Crippen MR) is 129 cm³/mol. The summed E-state index contributed by atoms with van der Waals surface area (Å²) in [7, 11) is 0. The van der Waals surface area contributed by atoms with Gasteiger partial charge in [-0.05, 0) is 18.4 Å². The van der Waals surface area contributed by atoms with Crippen LogP contribution >= 0.6 is 0 Å². The number of piperazine rings is 1. The highest BCUT2D eigenvalue weighted by atomic mass is 16.2. The van der Waals surface area contributed by atoms with E-state index in [1.165, 1.54) is 0 Å². The Balaban J connectivity index is 1.44. The van der Waals surface area contributed by atoms with Gasteiger partial charge in [0.05, 0.1) is 24.3 Å². The Morgan fingerprint density at radius 2 is 1.76 bits per heavy atom. The van der Waals surface area contributed by atoms with Crippen molar-refractivity contribution < 1.29 is 4.79 Å². The molecule has 1 aliphatic heterocycles. The van der Waals surface area contributed by atoms with Gasteiger partial charge in [0.15, 0.2) is 0 Å². The number of hydrogen-bond donors (Lipinski definition) is 2. The lowest BCUT2D eigenvalue weighted by Crippen LogP contribution is -2.44. The third kappa shape index (κ3) is 4.11. The fourth-order valence-electron chi connectivity index (χ4n) is 4.22. The third-order valence-corrected chi connectivity index (χ3v) is 5.85. The molecule has 1 fully saturated rings. The van der Waals surface area contributed by atoms with Crippen LogP contribution in [0.5, 0.6) is 0 Å². The molecular formula is C25H25N7O. The molecule has 0 unspecified atom stereocenters. The highest BCUT2D eigenvalue weighted by molar-refractivity contribution is 6.06. The summed E-state index contributed by atoms with van der Waals surface area (Å²) >= 11 is 0. The van der Waals surface area contributed by atoms with Crippen molar-refractivity contribution in [2.45, 2.75) is 20.0 Å². The fourth-order valence-corrected chi connectivity index (χ4v) is 4.22. The van der Waals surface area contributed by atoms with Gasteiger partial charge in [0.1, 0.15) is 0 Å². The molecule has 0 bridgehead atoms. The van der Waals surface area contributed by atoms with Gasteiger partial charge in [0.25, 0.3) is 5.91 Å². The smallest absolute Gasteiger partial charge is 0.289 e. The molecule has 1 aliphatic rings. The molecule has 0 atom stereocenters. The van der Waals surface area contributed by atoms with Crippen LogP contribution in [0.2, 0.25) is 0 Å². The zero-order valence-corrected chi connectivity index (χ0v) is 18.5. The quantitative estimate of drug-likeness (QED) is 0.367. The second kappa shape index (κ2) is 9.27. The number of rotatable bonds is 5. The number of hydrogen-bond acceptors (Lipinski definition) is 6. The highest BCUT2D eigenvalue weighted by Crippen LogP contribution is 2.26. The number of nitrogens with one attached hydrogen (secondary N) is 2. The van der Waals surface area contributed by atoms with Crippen LogP contribution in [0.25, 0.3) is 21.7 Å². The largest absolute Gasteiger partial charge is 0.344 e. The van der Waals surface area contributed by atoms with Crippen LogP contribution in [-0.4, -0.2) is 51.8 Å². The SMILES string of the molecule is CC#CCn1c(C(=O)NCc2nc3ccccc3c3ccccc23)nnc1N1CCNCC1. The minimum absolute atomic E-state index is 0.261. The topological polar surface area (TPSA) is 88.0 Å². The van der Waals surface area contributed by atoms with E-state index in [1.54, 1.807) is 11.5 Å². The van der Waals surface area contributed by atoms with E-state index in [4.69, 9.17) is 4.98 Å². The molecule has 166 valence electrons. The standard InChI is InChI=1S/C25H25N7O/c1-2-3-14-32-23(29-30-25(32)31-15-12-26-13-16-31)24(33)27-17-22-20-10-5-4-8-18(20)19-9-6-7-11-21(19)28-22/h4-11,26H,12-17H2,1H3,(H,27,33). The normalized spacial score (nSPS) is 13.7. The number of anilines is 1. The van der Waals surface area contributed by atoms with E-state index in [2.05, 4.69) is 49.7 Å². The van der Waals surface area contributed by atoms with Crippen LogP contribution in [0.4, 0.5) is 5.95 Å². The van der Waals surface area contributed by atoms with Crippen LogP contribution in [0.3, 0.4) is 0 Å². The Kier molecular flexibility index (Phi) is 5.87. The van der Waals surface area contributed by atoms with E-state index in [-0.39, 0.29) is 11.7 Å². The van der Waals surface area contributed by atoms with E-state index in [9.17, 15) is 4.79 Å². The van der Waals surface area contributed by atoms with Gasteiger partial charge in [0, 0.05) is 37.0 Å². The van der Waals surface area contributed by atoms with Gasteiger partial charge in [-0.15, -0.1) is 16.1 Å². The molecule has 1 amide bonds. The molecular weight excluding hydrogens is 414 g/mol. The lowest BCUT2D eigenvalue weighted by molar-refractivity contribution is 0.0936. The summed E-state index contributed by atoms with van der Waals surface area (Å²) in [6.07, 6.45) is 0. The Morgan fingerprint density at radius 1 is 1.03 bits per heavy atom. The van der Waals surface area contributed by atoms with Gasteiger partial charge in [0.2, 0.25) is 11.8 Å². The molecule has 4 aromatic rings. The number of fused-ring (bicyclic) bond motifs is 3. The number of nitrogens with zero attached hydrogens (tertiary/aromatic N) is 5. The molecule has 1 saturated heterocycles. The zero-order chi connectivity index (χ0) is 22.6. The van der Waals surface area contributed by atoms with E-state index in [0.717, 1.165) is 53.5 Å². The van der Waals surface area contributed by atoms with Gasteiger partial charge >= 0.3 is 0 Å². The summed E-state index contributed by atoms with van der Waals surface area (Å²) in [4.78, 5) is 20.1. The molecule has 33 heavy (non-hydrogen) atoms. The Morgan fingerprint density at radius 3 is 2.55 bits per heavy atom. The minimum Gasteiger partial charge on any atom is -0.344 e. The van der Waals surface area contributed by atoms with E-state index in [1.807, 2.05) is 36.4 Å². The molecule has 2 aromatic heterocycles. The van der Waals surface area contributed by atoms with Crippen molar-refractivity contribution in [1.29, 1.82) is 0 Å². The summed E-state index contributed by atoms with van der Waals surface area (Å²) in [5.74, 6) is 6.59. The number of amides is 1. The summed E-state index contributed by atoms with van der Waals surface area (Å²) in [6.45, 7) is 5.80. The summed E-state index contributed by atoms with van der Waals surface area (Å²) < 4.78 is 1.79. The number of benzene rings is 2. The molecule has 0 saturated carbocycles. The van der Waals surface area contributed by atoms with Crippen molar-refractivity contribution in [3.05, 3.63) is 60.0 Å². The number of carbonyl (C=O) groups is 1.